The van der Waals surface area contributed by atoms with Gasteiger partial charge in [0.2, 0.25) is 5.91 Å². The Morgan fingerprint density at radius 2 is 2.19 bits per heavy atom. The number of ether oxygens (including phenoxy) is 1. The van der Waals surface area contributed by atoms with E-state index in [1.54, 1.807) is 0 Å². The van der Waals surface area contributed by atoms with E-state index < -0.39 is 5.72 Å². The number of fused-ring (bicyclic) bond motifs is 1. The number of rotatable bonds is 3. The first-order valence-corrected chi connectivity index (χ1v) is 10.0. The number of hydrogen-bond donors (Lipinski definition) is 0. The van der Waals surface area contributed by atoms with E-state index in [2.05, 4.69) is 53.8 Å². The second kappa shape index (κ2) is 6.01. The van der Waals surface area contributed by atoms with Crippen LogP contribution in [0.15, 0.2) is 30.5 Å². The van der Waals surface area contributed by atoms with Gasteiger partial charge in [-0.25, -0.2) is 0 Å². The Hall–Kier alpha value is -1.98. The average Bonchev–Trinajstić information content (AvgIpc) is 3.27. The Kier molecular flexibility index (Phi) is 3.82. The second-order valence-electron chi connectivity index (χ2n) is 8.60. The maximum atomic E-state index is 12.9. The monoisotopic (exact) mass is 365 g/mol. The van der Waals surface area contributed by atoms with Crippen LogP contribution in [0.2, 0.25) is 0 Å². The topological polar surface area (TPSA) is 45.7 Å². The predicted molar refractivity (Wildman–Crippen MR) is 104 cm³/mol. The van der Waals surface area contributed by atoms with Gasteiger partial charge in [-0.15, -0.1) is 0 Å². The molecule has 0 unspecified atom stereocenters. The minimum absolute atomic E-state index is 0.153. The highest BCUT2D eigenvalue weighted by molar-refractivity contribution is 5.84. The summed E-state index contributed by atoms with van der Waals surface area (Å²) in [5, 5.41) is 1.21. The molecule has 0 N–H and O–H groups in total. The third kappa shape index (κ3) is 2.38. The van der Waals surface area contributed by atoms with Gasteiger partial charge < -0.3 is 9.64 Å². The zero-order valence-electron chi connectivity index (χ0n) is 16.3. The van der Waals surface area contributed by atoms with Gasteiger partial charge >= 0.3 is 0 Å². The van der Waals surface area contributed by atoms with Crippen LogP contribution in [0.5, 0.6) is 0 Å². The molecule has 1 spiro atoms. The number of nitrogens with zero attached hydrogens (tertiary/aromatic N) is 3. The van der Waals surface area contributed by atoms with Crippen molar-refractivity contribution in [1.82, 2.24) is 14.8 Å². The molecular formula is C22H27N3O2. The number of carbonyl (C=O) groups is 1. The van der Waals surface area contributed by atoms with Crippen LogP contribution in [0.4, 0.5) is 0 Å². The lowest BCUT2D eigenvalue weighted by molar-refractivity contribution is -0.139. The van der Waals surface area contributed by atoms with E-state index in [4.69, 9.17) is 4.74 Å². The van der Waals surface area contributed by atoms with Gasteiger partial charge in [-0.3, -0.25) is 14.7 Å². The molecule has 142 valence electrons. The smallest absolute Gasteiger partial charge is 0.226 e. The van der Waals surface area contributed by atoms with Crippen molar-refractivity contribution < 1.29 is 9.53 Å². The maximum Gasteiger partial charge on any atom is 0.226 e. The summed E-state index contributed by atoms with van der Waals surface area (Å²) in [7, 11) is 0. The van der Waals surface area contributed by atoms with Crippen molar-refractivity contribution >= 4 is 16.8 Å². The number of pyridine rings is 1. The molecule has 0 aliphatic carbocycles. The number of aryl methyl sites for hydroxylation is 1. The molecule has 27 heavy (non-hydrogen) atoms. The minimum atomic E-state index is -0.400. The van der Waals surface area contributed by atoms with E-state index in [1.165, 1.54) is 16.5 Å². The molecule has 1 aromatic heterocycles. The average molecular weight is 365 g/mol. The quantitative estimate of drug-likeness (QED) is 0.838. The molecule has 3 saturated heterocycles. The molecule has 4 heterocycles. The van der Waals surface area contributed by atoms with Gasteiger partial charge in [0.15, 0.2) is 5.72 Å². The lowest BCUT2D eigenvalue weighted by Crippen LogP contribution is -2.50. The Bertz CT molecular complexity index is 912. The van der Waals surface area contributed by atoms with Crippen LogP contribution in [0.25, 0.3) is 10.9 Å². The zero-order valence-corrected chi connectivity index (χ0v) is 16.3. The van der Waals surface area contributed by atoms with Crippen molar-refractivity contribution in [2.24, 2.45) is 5.92 Å². The number of hydrogen-bond acceptors (Lipinski definition) is 4. The third-order valence-electron chi connectivity index (χ3n) is 6.86. The fourth-order valence-electron chi connectivity index (χ4n) is 5.38. The molecule has 5 rings (SSSR count). The van der Waals surface area contributed by atoms with E-state index in [-0.39, 0.29) is 18.0 Å². The van der Waals surface area contributed by atoms with E-state index >= 15 is 0 Å². The molecule has 3 aliphatic heterocycles. The van der Waals surface area contributed by atoms with Crippen molar-refractivity contribution in [3.8, 4) is 0 Å². The van der Waals surface area contributed by atoms with Gasteiger partial charge in [-0.2, -0.15) is 0 Å². The number of carbonyl (C=O) groups excluding carboxylic acids is 1. The van der Waals surface area contributed by atoms with Crippen LogP contribution >= 0.6 is 0 Å². The Morgan fingerprint density at radius 3 is 3.00 bits per heavy atom. The Balaban J connectivity index is 1.48. The predicted octanol–water partition coefficient (Wildman–Crippen LogP) is 3.10. The summed E-state index contributed by atoms with van der Waals surface area (Å²) in [6.07, 6.45) is 3.33. The van der Waals surface area contributed by atoms with E-state index in [1.807, 2.05) is 12.3 Å². The van der Waals surface area contributed by atoms with Crippen LogP contribution in [-0.4, -0.2) is 51.7 Å². The molecule has 2 aromatic rings. The molecule has 1 amide bonds. The molecule has 3 fully saturated rings. The summed E-state index contributed by atoms with van der Waals surface area (Å²) < 4.78 is 6.37. The first-order chi connectivity index (χ1) is 13.0. The highest BCUT2D eigenvalue weighted by atomic mass is 16.5. The molecule has 5 nitrogen and oxygen atoms in total. The fraction of sp³-hybridized carbons (Fsp3) is 0.545. The molecule has 3 atom stereocenters. The van der Waals surface area contributed by atoms with Crippen LogP contribution < -0.4 is 0 Å². The molecule has 0 bridgehead atoms. The SMILES string of the molecule is Cc1ccc2ncccc2c1CN1CC[C@@]23OC[C@@H](C(C)C)N2C(=O)C[C@@H]13. The first kappa shape index (κ1) is 17.1. The lowest BCUT2D eigenvalue weighted by Gasteiger charge is -2.34. The van der Waals surface area contributed by atoms with Gasteiger partial charge in [-0.05, 0) is 36.1 Å². The zero-order chi connectivity index (χ0) is 18.8. The number of benzene rings is 1. The van der Waals surface area contributed by atoms with E-state index in [0.29, 0.717) is 18.9 Å². The summed E-state index contributed by atoms with van der Waals surface area (Å²) >= 11 is 0. The summed E-state index contributed by atoms with van der Waals surface area (Å²) in [5.41, 5.74) is 3.24. The van der Waals surface area contributed by atoms with Crippen LogP contribution in [-0.2, 0) is 16.1 Å². The molecular weight excluding hydrogens is 338 g/mol. The highest BCUT2D eigenvalue weighted by Crippen LogP contribution is 2.49. The van der Waals surface area contributed by atoms with Crippen LogP contribution in [0, 0.1) is 12.8 Å². The fourth-order valence-corrected chi connectivity index (χ4v) is 5.38. The summed E-state index contributed by atoms with van der Waals surface area (Å²) in [6, 6.07) is 8.78. The normalized spacial score (nSPS) is 30.5. The molecule has 0 radical (unpaired) electrons. The summed E-state index contributed by atoms with van der Waals surface area (Å²) in [5.74, 6) is 0.685. The lowest BCUT2D eigenvalue weighted by atomic mass is 10.0. The molecule has 3 aliphatic rings. The van der Waals surface area contributed by atoms with Crippen molar-refractivity contribution in [3.63, 3.8) is 0 Å². The summed E-state index contributed by atoms with van der Waals surface area (Å²) in [6.45, 7) is 9.03. The minimum Gasteiger partial charge on any atom is -0.352 e. The maximum absolute atomic E-state index is 12.9. The van der Waals surface area contributed by atoms with Gasteiger partial charge in [0.05, 0.1) is 24.2 Å². The van der Waals surface area contributed by atoms with Gasteiger partial charge in [0, 0.05) is 37.5 Å². The standard InChI is InChI=1S/C22H27N3O2/c1-14(2)19-13-27-22-8-10-24(20(22)11-21(26)25(19)22)12-17-15(3)6-7-18-16(17)5-4-9-23-18/h4-7,9,14,19-20H,8,10-13H2,1-3H3/t19-,20+,22-/m0/s1. The Morgan fingerprint density at radius 1 is 1.33 bits per heavy atom. The number of likely N-dealkylation sites (tertiary alicyclic amines) is 1. The second-order valence-corrected chi connectivity index (χ2v) is 8.60. The van der Waals surface area contributed by atoms with Crippen molar-refractivity contribution in [3.05, 3.63) is 41.6 Å². The van der Waals surface area contributed by atoms with Crippen molar-refractivity contribution in [2.75, 3.05) is 13.2 Å². The third-order valence-corrected chi connectivity index (χ3v) is 6.86. The highest BCUT2D eigenvalue weighted by Gasteiger charge is 2.64. The van der Waals surface area contributed by atoms with E-state index in [0.717, 1.165) is 25.0 Å². The van der Waals surface area contributed by atoms with Crippen molar-refractivity contribution in [2.45, 2.75) is 58.0 Å². The summed E-state index contributed by atoms with van der Waals surface area (Å²) in [4.78, 5) is 21.9. The van der Waals surface area contributed by atoms with Gasteiger partial charge in [0.1, 0.15) is 0 Å². The molecule has 5 heteroatoms. The Labute approximate surface area is 160 Å². The van der Waals surface area contributed by atoms with Gasteiger partial charge in [-0.1, -0.05) is 26.0 Å². The van der Waals surface area contributed by atoms with Crippen molar-refractivity contribution in [1.29, 1.82) is 0 Å². The first-order valence-electron chi connectivity index (χ1n) is 10.0. The molecule has 1 aromatic carbocycles. The van der Waals surface area contributed by atoms with Crippen LogP contribution in [0.1, 0.15) is 37.8 Å². The van der Waals surface area contributed by atoms with E-state index in [9.17, 15) is 4.79 Å². The van der Waals surface area contributed by atoms with Gasteiger partial charge in [0.25, 0.3) is 0 Å². The largest absolute Gasteiger partial charge is 0.352 e. The number of amides is 1. The number of aromatic nitrogens is 1. The van der Waals surface area contributed by atoms with Crippen LogP contribution in [0.3, 0.4) is 0 Å². The molecule has 0 saturated carbocycles.